The fourth-order valence-corrected chi connectivity index (χ4v) is 13.3. The highest BCUT2D eigenvalue weighted by atomic mass is 32.2. The second-order valence-electron chi connectivity index (χ2n) is 18.3. The summed E-state index contributed by atoms with van der Waals surface area (Å²) >= 11 is 0. The van der Waals surface area contributed by atoms with Crippen molar-refractivity contribution in [3.63, 3.8) is 0 Å². The molecule has 27 heteroatoms. The van der Waals surface area contributed by atoms with Crippen LogP contribution in [0.3, 0.4) is 0 Å². The van der Waals surface area contributed by atoms with Gasteiger partial charge in [0.15, 0.2) is 5.71 Å². The summed E-state index contributed by atoms with van der Waals surface area (Å²) in [7, 11) is -23.4. The summed E-state index contributed by atoms with van der Waals surface area (Å²) in [6.45, 7) is 6.91. The molecule has 0 saturated carbocycles. The SMILES string of the molecule is CCN1C(=CC=CC2=[N+](CCCCCC(=O)O)c3ccc4c(S(=O)(=O)O)cc(S(=O)(=O)O)cc4c3C2(C)CCCS(=O)(=O)O)C(C)(CCOCCOCCOC)c2c1ccc1c(S(=O)(=O)O)cc(S(=O)(=O)O)cc21. The molecule has 2 atom stereocenters. The molecule has 0 aromatic heterocycles. The van der Waals surface area contributed by atoms with Crippen LogP contribution in [0, 0.1) is 0 Å². The van der Waals surface area contributed by atoms with E-state index >= 15 is 0 Å². The monoisotopic (exact) mass is 1130 g/mol. The summed E-state index contributed by atoms with van der Waals surface area (Å²) in [6.07, 6.45) is 5.95. The molecule has 0 amide bonds. The van der Waals surface area contributed by atoms with Gasteiger partial charge in [-0.15, -0.1) is 0 Å². The van der Waals surface area contributed by atoms with Crippen molar-refractivity contribution in [3.05, 3.63) is 83.6 Å². The molecular weight excluding hydrogens is 1070 g/mol. The first kappa shape index (κ1) is 58.5. The number of carboxylic acid groups (broad SMARTS) is 1. The normalized spacial score (nSPS) is 19.1. The van der Waals surface area contributed by atoms with Gasteiger partial charge in [-0.25, -0.2) is 0 Å². The van der Waals surface area contributed by atoms with Gasteiger partial charge in [-0.2, -0.15) is 46.7 Å². The Balaban J connectivity index is 1.62. The van der Waals surface area contributed by atoms with E-state index in [9.17, 15) is 74.8 Å². The molecule has 4 aromatic rings. The van der Waals surface area contributed by atoms with E-state index in [1.807, 2.05) is 23.3 Å². The zero-order chi connectivity index (χ0) is 54.8. The molecule has 0 spiro atoms. The van der Waals surface area contributed by atoms with Crippen molar-refractivity contribution >= 4 is 95.2 Å². The predicted molar refractivity (Wildman–Crippen MR) is 272 cm³/mol. The number of benzene rings is 4. The Labute approximate surface area is 430 Å². The Morgan fingerprint density at radius 2 is 1.20 bits per heavy atom. The number of rotatable bonds is 26. The highest BCUT2D eigenvalue weighted by Crippen LogP contribution is 2.54. The van der Waals surface area contributed by atoms with Gasteiger partial charge < -0.3 is 24.2 Å². The molecule has 74 heavy (non-hydrogen) atoms. The van der Waals surface area contributed by atoms with Crippen molar-refractivity contribution < 1.29 is 93.5 Å². The smallest absolute Gasteiger partial charge is 0.303 e. The molecule has 0 radical (unpaired) electrons. The van der Waals surface area contributed by atoms with Gasteiger partial charge in [-0.05, 0) is 112 Å². The number of likely N-dealkylation sites (N-methyl/N-ethyl adjacent to an activating group) is 1. The number of fused-ring (bicyclic) bond motifs is 6. The molecule has 2 heterocycles. The highest BCUT2D eigenvalue weighted by Gasteiger charge is 2.50. The maximum atomic E-state index is 12.9. The van der Waals surface area contributed by atoms with E-state index in [0.717, 1.165) is 12.1 Å². The minimum absolute atomic E-state index is 0.0438. The predicted octanol–water partition coefficient (Wildman–Crippen LogP) is 5.96. The van der Waals surface area contributed by atoms with Crippen LogP contribution in [0.15, 0.2) is 92.0 Å². The number of unbranched alkanes of at least 4 members (excludes halogenated alkanes) is 2. The molecular formula is C47H59N2O20S5+. The molecule has 2 aliphatic rings. The Kier molecular flexibility index (Phi) is 17.8. The van der Waals surface area contributed by atoms with Gasteiger partial charge in [0.25, 0.3) is 50.6 Å². The van der Waals surface area contributed by atoms with Gasteiger partial charge in [0.2, 0.25) is 5.69 Å². The van der Waals surface area contributed by atoms with Crippen LogP contribution < -0.4 is 4.90 Å². The average molecular weight is 1130 g/mol. The molecule has 0 fully saturated rings. The number of methoxy groups -OCH3 is 1. The number of carboxylic acids is 1. The summed E-state index contributed by atoms with van der Waals surface area (Å²) in [5, 5.41) is 9.17. The summed E-state index contributed by atoms with van der Waals surface area (Å²) in [6, 6.07) is 9.33. The maximum absolute atomic E-state index is 12.9. The standard InChI is InChI=1S/C47H58N2O20S5/c1-5-48-37-16-14-33-35(27-31(71(55,56)57)29-39(33)73(61,62)63)44(37)47(3,19-21-68-24-25-69-23-22-67-4)41(48)11-9-12-42-46(2,18-10-26-70(52,53)54)45-36-28-32(72(58,59)60)30-40(74(64,65)66)34(36)15-17-38(45)49(42)20-8-6-7-13-43(50)51/h9,11-12,14-17,27-30H,5-8,10,13,18-26H2,1-4H3,(H5-,50,51,52,53,54,55,56,57,58,59,60,61,62,63,64,65,66)/p+1. The van der Waals surface area contributed by atoms with E-state index in [0.29, 0.717) is 73.0 Å². The zero-order valence-corrected chi connectivity index (χ0v) is 44.9. The summed E-state index contributed by atoms with van der Waals surface area (Å²) in [5.74, 6) is -1.73. The topological polar surface area (TPSA) is 343 Å². The van der Waals surface area contributed by atoms with Crippen LogP contribution in [0.1, 0.15) is 76.8 Å². The van der Waals surface area contributed by atoms with E-state index < -0.39 is 92.7 Å². The first-order valence-electron chi connectivity index (χ1n) is 23.1. The molecule has 6 N–H and O–H groups in total. The number of ether oxygens (including phenoxy) is 3. The Morgan fingerprint density at radius 1 is 0.649 bits per heavy atom. The van der Waals surface area contributed by atoms with Crippen LogP contribution in [-0.2, 0) is 80.4 Å². The molecule has 0 bridgehead atoms. The Morgan fingerprint density at radius 3 is 1.73 bits per heavy atom. The first-order chi connectivity index (χ1) is 34.4. The van der Waals surface area contributed by atoms with Crippen LogP contribution in [-0.4, -0.2) is 145 Å². The molecule has 4 aromatic carbocycles. The molecule has 0 aliphatic carbocycles. The van der Waals surface area contributed by atoms with Crippen molar-refractivity contribution in [2.75, 3.05) is 63.9 Å². The third-order valence-corrected chi connectivity index (χ3v) is 17.6. The molecule has 0 saturated heterocycles. The number of hydrogen-bond donors (Lipinski definition) is 6. The lowest BCUT2D eigenvalue weighted by Gasteiger charge is -2.30. The van der Waals surface area contributed by atoms with Gasteiger partial charge in [0, 0.05) is 78.4 Å². The van der Waals surface area contributed by atoms with Crippen LogP contribution in [0.25, 0.3) is 21.5 Å². The van der Waals surface area contributed by atoms with Crippen molar-refractivity contribution in [1.29, 1.82) is 0 Å². The van der Waals surface area contributed by atoms with Crippen LogP contribution in [0.2, 0.25) is 0 Å². The van der Waals surface area contributed by atoms with E-state index in [1.165, 1.54) is 25.3 Å². The maximum Gasteiger partial charge on any atom is 0.303 e. The Hall–Kier alpha value is -4.75. The number of nitrogens with zero attached hydrogens (tertiary/aromatic N) is 2. The van der Waals surface area contributed by atoms with E-state index in [-0.39, 0.29) is 85.7 Å². The van der Waals surface area contributed by atoms with Gasteiger partial charge in [0.05, 0.1) is 47.4 Å². The fourth-order valence-electron chi connectivity index (χ4n) is 10.1. The molecule has 6 rings (SSSR count). The van der Waals surface area contributed by atoms with Crippen molar-refractivity contribution in [2.45, 2.75) is 96.1 Å². The number of anilines is 1. The van der Waals surface area contributed by atoms with Crippen molar-refractivity contribution in [1.82, 2.24) is 0 Å². The number of aliphatic carboxylic acids is 1. The minimum Gasteiger partial charge on any atom is -0.481 e. The van der Waals surface area contributed by atoms with Gasteiger partial charge >= 0.3 is 5.97 Å². The van der Waals surface area contributed by atoms with Crippen LogP contribution >= 0.6 is 0 Å². The lowest BCUT2D eigenvalue weighted by atomic mass is 9.74. The second-order valence-corrected chi connectivity index (χ2v) is 25.5. The number of carbonyl (C=O) groups is 1. The molecule has 2 aliphatic heterocycles. The van der Waals surface area contributed by atoms with Crippen LogP contribution in [0.4, 0.5) is 11.4 Å². The fraction of sp³-hybridized carbons (Fsp3) is 0.447. The summed E-state index contributed by atoms with van der Waals surface area (Å²) in [5.41, 5.74) is 0.0222. The lowest BCUT2D eigenvalue weighted by molar-refractivity contribution is -0.438. The van der Waals surface area contributed by atoms with Gasteiger partial charge in [-0.3, -0.25) is 27.6 Å². The molecule has 22 nitrogen and oxygen atoms in total. The summed E-state index contributed by atoms with van der Waals surface area (Å²) < 4.78 is 196. The quantitative estimate of drug-likeness (QED) is 0.0240. The highest BCUT2D eigenvalue weighted by molar-refractivity contribution is 7.87. The summed E-state index contributed by atoms with van der Waals surface area (Å²) in [4.78, 5) is 10.0. The number of allylic oxidation sites excluding steroid dienone is 4. The van der Waals surface area contributed by atoms with Crippen molar-refractivity contribution in [2.24, 2.45) is 0 Å². The third kappa shape index (κ3) is 12.7. The van der Waals surface area contributed by atoms with E-state index in [2.05, 4.69) is 0 Å². The first-order valence-corrected chi connectivity index (χ1v) is 30.5. The van der Waals surface area contributed by atoms with Crippen LogP contribution in [0.5, 0.6) is 0 Å². The Bertz CT molecular complexity index is 3540. The lowest BCUT2D eigenvalue weighted by Crippen LogP contribution is -2.32. The van der Waals surface area contributed by atoms with Crippen molar-refractivity contribution in [3.8, 4) is 0 Å². The minimum atomic E-state index is -5.16. The number of hydrogen-bond acceptors (Lipinski definition) is 15. The van der Waals surface area contributed by atoms with E-state index in [4.69, 9.17) is 14.2 Å². The third-order valence-electron chi connectivity index (χ3n) is 13.4. The molecule has 406 valence electrons. The van der Waals surface area contributed by atoms with E-state index in [1.54, 1.807) is 31.2 Å². The zero-order valence-electron chi connectivity index (χ0n) is 40.8. The molecule has 2 unspecified atom stereocenters. The van der Waals surface area contributed by atoms with Gasteiger partial charge in [-0.1, -0.05) is 12.1 Å². The second kappa shape index (κ2) is 22.5. The van der Waals surface area contributed by atoms with Gasteiger partial charge in [0.1, 0.15) is 16.3 Å². The average Bonchev–Trinajstić information content (AvgIpc) is 3.67. The largest absolute Gasteiger partial charge is 0.481 e.